The third-order valence-corrected chi connectivity index (χ3v) is 4.89. The monoisotopic (exact) mass is 357 g/mol. The molecule has 1 aliphatic heterocycles. The maximum Gasteiger partial charge on any atom is 0.258 e. The Kier molecular flexibility index (Phi) is 3.93. The molecule has 2 aromatic heterocycles. The maximum atomic E-state index is 14.0. The van der Waals surface area contributed by atoms with Gasteiger partial charge in [0.25, 0.3) is 5.91 Å². The molecule has 0 saturated heterocycles. The molecule has 0 bridgehead atoms. The van der Waals surface area contributed by atoms with Crippen LogP contribution in [0.15, 0.2) is 54.0 Å². The molecule has 126 valence electrons. The first-order chi connectivity index (χ1) is 12.1. The fraction of sp³-hybridized carbons (Fsp3) is 0.111. The molecular formula is C18H13F2N3OS. The molecule has 1 amide bonds. The van der Waals surface area contributed by atoms with Crippen molar-refractivity contribution in [2.75, 3.05) is 5.32 Å². The van der Waals surface area contributed by atoms with E-state index in [0.29, 0.717) is 17.8 Å². The zero-order valence-corrected chi connectivity index (χ0v) is 13.8. The number of nitrogens with one attached hydrogen (secondary N) is 1. The van der Waals surface area contributed by atoms with Gasteiger partial charge in [-0.05, 0) is 35.7 Å². The lowest BCUT2D eigenvalue weighted by atomic mass is 10.2. The number of aromatic nitrogens is 1. The van der Waals surface area contributed by atoms with E-state index in [-0.39, 0.29) is 11.6 Å². The molecule has 25 heavy (non-hydrogen) atoms. The number of rotatable bonds is 4. The Morgan fingerprint density at radius 1 is 1.20 bits per heavy atom. The molecule has 0 radical (unpaired) electrons. The molecular weight excluding hydrogens is 344 g/mol. The zero-order chi connectivity index (χ0) is 17.4. The van der Waals surface area contributed by atoms with Crippen LogP contribution < -0.4 is 5.32 Å². The summed E-state index contributed by atoms with van der Waals surface area (Å²) >= 11 is 1.53. The van der Waals surface area contributed by atoms with Gasteiger partial charge in [-0.3, -0.25) is 9.78 Å². The lowest BCUT2D eigenvalue weighted by molar-refractivity contribution is 0.0729. The highest BCUT2D eigenvalue weighted by atomic mass is 32.1. The average Bonchev–Trinajstić information content (AvgIpc) is 3.21. The number of halogens is 2. The van der Waals surface area contributed by atoms with Crippen molar-refractivity contribution in [1.82, 2.24) is 9.88 Å². The van der Waals surface area contributed by atoms with Crippen LogP contribution in [-0.4, -0.2) is 15.8 Å². The average molecular weight is 357 g/mol. The van der Waals surface area contributed by atoms with Crippen molar-refractivity contribution < 1.29 is 13.6 Å². The summed E-state index contributed by atoms with van der Waals surface area (Å²) in [6, 6.07) is 10.4. The zero-order valence-electron chi connectivity index (χ0n) is 12.9. The van der Waals surface area contributed by atoms with Crippen molar-refractivity contribution >= 4 is 22.9 Å². The predicted molar refractivity (Wildman–Crippen MR) is 91.2 cm³/mol. The molecule has 0 saturated carbocycles. The third kappa shape index (κ3) is 2.87. The number of carbonyl (C=O) groups is 1. The molecule has 1 atom stereocenters. The van der Waals surface area contributed by atoms with E-state index in [1.165, 1.54) is 11.3 Å². The lowest BCUT2D eigenvalue weighted by Gasteiger charge is -2.26. The highest BCUT2D eigenvalue weighted by Gasteiger charge is 2.38. The Morgan fingerprint density at radius 3 is 2.88 bits per heavy atom. The molecule has 0 aliphatic carbocycles. The standard InChI is InChI=1S/C18H13F2N3OS/c19-11-5-6-14(20)15(9-11)22-17-16-13(4-1-7-21-16)18(24)23(17)10-12-3-2-8-25-12/h1-9,17,22H,10H2. The minimum absolute atomic E-state index is 0.00696. The van der Waals surface area contributed by atoms with Crippen LogP contribution in [0.4, 0.5) is 14.5 Å². The number of thiophene rings is 1. The highest BCUT2D eigenvalue weighted by Crippen LogP contribution is 2.35. The first-order valence-electron chi connectivity index (χ1n) is 7.63. The molecule has 1 N–H and O–H groups in total. The Bertz CT molecular complexity index is 930. The van der Waals surface area contributed by atoms with Crippen LogP contribution in [0.5, 0.6) is 0 Å². The van der Waals surface area contributed by atoms with Gasteiger partial charge in [0.2, 0.25) is 0 Å². The number of hydrogen-bond acceptors (Lipinski definition) is 4. The Balaban J connectivity index is 1.72. The number of hydrogen-bond donors (Lipinski definition) is 1. The van der Waals surface area contributed by atoms with Gasteiger partial charge in [0.1, 0.15) is 17.8 Å². The van der Waals surface area contributed by atoms with Crippen molar-refractivity contribution in [1.29, 1.82) is 0 Å². The fourth-order valence-corrected chi connectivity index (χ4v) is 3.57. The molecule has 1 aromatic carbocycles. The first-order valence-corrected chi connectivity index (χ1v) is 8.51. The molecule has 0 fully saturated rings. The molecule has 1 aliphatic rings. The molecule has 0 spiro atoms. The first kappa shape index (κ1) is 15.7. The number of carbonyl (C=O) groups excluding carboxylic acids is 1. The summed E-state index contributed by atoms with van der Waals surface area (Å²) in [4.78, 5) is 19.6. The van der Waals surface area contributed by atoms with E-state index in [1.807, 2.05) is 17.5 Å². The second-order valence-corrected chi connectivity index (χ2v) is 6.65. The molecule has 1 unspecified atom stereocenters. The van der Waals surface area contributed by atoms with Gasteiger partial charge in [-0.1, -0.05) is 6.07 Å². The van der Waals surface area contributed by atoms with Crippen molar-refractivity contribution in [3.63, 3.8) is 0 Å². The van der Waals surface area contributed by atoms with Crippen molar-refractivity contribution in [2.45, 2.75) is 12.7 Å². The minimum atomic E-state index is -0.665. The second-order valence-electron chi connectivity index (χ2n) is 5.62. The SMILES string of the molecule is O=C1c2cccnc2C(Nc2cc(F)ccc2F)N1Cc1cccs1. The Labute approximate surface area is 146 Å². The third-order valence-electron chi connectivity index (χ3n) is 4.03. The van der Waals surface area contributed by atoms with Gasteiger partial charge in [-0.15, -0.1) is 11.3 Å². The number of amides is 1. The Hall–Kier alpha value is -2.80. The molecule has 7 heteroatoms. The number of fused-ring (bicyclic) bond motifs is 1. The number of anilines is 1. The number of benzene rings is 1. The smallest absolute Gasteiger partial charge is 0.258 e. The van der Waals surface area contributed by atoms with Gasteiger partial charge >= 0.3 is 0 Å². The van der Waals surface area contributed by atoms with Crippen LogP contribution in [0.25, 0.3) is 0 Å². The summed E-state index contributed by atoms with van der Waals surface area (Å²) in [5.74, 6) is -1.33. The summed E-state index contributed by atoms with van der Waals surface area (Å²) in [6.45, 7) is 0.363. The highest BCUT2D eigenvalue weighted by molar-refractivity contribution is 7.09. The maximum absolute atomic E-state index is 14.0. The van der Waals surface area contributed by atoms with E-state index in [2.05, 4.69) is 10.3 Å². The van der Waals surface area contributed by atoms with Crippen molar-refractivity contribution in [3.05, 3.63) is 81.8 Å². The fourth-order valence-electron chi connectivity index (χ4n) is 2.87. The van der Waals surface area contributed by atoms with Crippen LogP contribution in [0.3, 0.4) is 0 Å². The van der Waals surface area contributed by atoms with Gasteiger partial charge in [-0.2, -0.15) is 0 Å². The van der Waals surface area contributed by atoms with Crippen LogP contribution in [0.2, 0.25) is 0 Å². The number of nitrogens with zero attached hydrogens (tertiary/aromatic N) is 2. The van der Waals surface area contributed by atoms with E-state index in [4.69, 9.17) is 0 Å². The minimum Gasteiger partial charge on any atom is -0.358 e. The summed E-state index contributed by atoms with van der Waals surface area (Å²) in [5, 5.41) is 4.86. The quantitative estimate of drug-likeness (QED) is 0.762. The predicted octanol–water partition coefficient (Wildman–Crippen LogP) is 4.19. The van der Waals surface area contributed by atoms with Crippen LogP contribution in [0, 0.1) is 11.6 Å². The van der Waals surface area contributed by atoms with Gasteiger partial charge in [0.15, 0.2) is 0 Å². The summed E-state index contributed by atoms with van der Waals surface area (Å²) in [7, 11) is 0. The summed E-state index contributed by atoms with van der Waals surface area (Å²) in [6.07, 6.45) is 0.916. The van der Waals surface area contributed by atoms with Crippen LogP contribution in [-0.2, 0) is 6.54 Å². The normalized spacial score (nSPS) is 16.2. The van der Waals surface area contributed by atoms with Gasteiger partial charge in [0, 0.05) is 17.1 Å². The molecule has 4 rings (SSSR count). The number of pyridine rings is 1. The van der Waals surface area contributed by atoms with E-state index in [1.54, 1.807) is 23.2 Å². The molecule has 3 aromatic rings. The topological polar surface area (TPSA) is 45.2 Å². The van der Waals surface area contributed by atoms with E-state index in [9.17, 15) is 13.6 Å². The summed E-state index contributed by atoms with van der Waals surface area (Å²) < 4.78 is 27.5. The van der Waals surface area contributed by atoms with Crippen LogP contribution >= 0.6 is 11.3 Å². The molecule has 3 heterocycles. The lowest BCUT2D eigenvalue weighted by Crippen LogP contribution is -2.32. The van der Waals surface area contributed by atoms with Crippen molar-refractivity contribution in [2.24, 2.45) is 0 Å². The Morgan fingerprint density at radius 2 is 2.08 bits per heavy atom. The van der Waals surface area contributed by atoms with Gasteiger partial charge < -0.3 is 10.2 Å². The van der Waals surface area contributed by atoms with Crippen molar-refractivity contribution in [3.8, 4) is 0 Å². The second kappa shape index (κ2) is 6.25. The largest absolute Gasteiger partial charge is 0.358 e. The van der Waals surface area contributed by atoms with Crippen LogP contribution in [0.1, 0.15) is 27.1 Å². The molecule has 4 nitrogen and oxygen atoms in total. The van der Waals surface area contributed by atoms with Gasteiger partial charge in [-0.25, -0.2) is 8.78 Å². The van der Waals surface area contributed by atoms with E-state index in [0.717, 1.165) is 23.1 Å². The van der Waals surface area contributed by atoms with Gasteiger partial charge in [0.05, 0.1) is 23.5 Å². The summed E-state index contributed by atoms with van der Waals surface area (Å²) in [5.41, 5.74) is 0.966. The van der Waals surface area contributed by atoms with E-state index >= 15 is 0 Å². The van der Waals surface area contributed by atoms with E-state index < -0.39 is 17.8 Å².